The van der Waals surface area contributed by atoms with Gasteiger partial charge in [-0.2, -0.15) is 0 Å². The summed E-state index contributed by atoms with van der Waals surface area (Å²) >= 11 is 3.42. The van der Waals surface area contributed by atoms with Crippen molar-refractivity contribution in [2.75, 3.05) is 46.8 Å². The van der Waals surface area contributed by atoms with Crippen molar-refractivity contribution in [2.45, 2.75) is 6.54 Å². The maximum Gasteiger partial charge on any atom is 0.120 e. The lowest BCUT2D eigenvalue weighted by Gasteiger charge is -2.09. The van der Waals surface area contributed by atoms with Crippen LogP contribution in [0.2, 0.25) is 0 Å². The third-order valence-corrected chi connectivity index (χ3v) is 2.92. The summed E-state index contributed by atoms with van der Waals surface area (Å²) in [6, 6.07) is 5.81. The summed E-state index contributed by atoms with van der Waals surface area (Å²) in [4.78, 5) is 0. The molecule has 0 unspecified atom stereocenters. The summed E-state index contributed by atoms with van der Waals surface area (Å²) in [7, 11) is 1.65. The summed E-state index contributed by atoms with van der Waals surface area (Å²) in [6.45, 7) is 3.84. The molecular formula is C14H22BrNO4. The molecule has 0 fully saturated rings. The van der Waals surface area contributed by atoms with E-state index >= 15 is 0 Å². The lowest BCUT2D eigenvalue weighted by Crippen LogP contribution is -2.12. The maximum atomic E-state index is 5.61. The molecule has 0 aliphatic carbocycles. The second-order valence-corrected chi connectivity index (χ2v) is 4.98. The summed E-state index contributed by atoms with van der Waals surface area (Å²) < 4.78 is 22.1. The molecule has 0 aliphatic rings. The second-order valence-electron chi connectivity index (χ2n) is 4.07. The fourth-order valence-corrected chi connectivity index (χ4v) is 2.02. The molecule has 0 aromatic heterocycles. The molecule has 1 rings (SSSR count). The van der Waals surface area contributed by atoms with Gasteiger partial charge >= 0.3 is 0 Å². The Hall–Kier alpha value is -0.660. The average Bonchev–Trinajstić information content (AvgIpc) is 2.45. The Bertz CT molecular complexity index is 376. The Labute approximate surface area is 128 Å². The van der Waals surface area contributed by atoms with Gasteiger partial charge in [0.15, 0.2) is 0 Å². The molecule has 0 amide bonds. The van der Waals surface area contributed by atoms with Gasteiger partial charge in [0.05, 0.1) is 33.0 Å². The van der Waals surface area contributed by atoms with Crippen LogP contribution in [0.15, 0.2) is 22.7 Å². The summed E-state index contributed by atoms with van der Waals surface area (Å²) in [6.07, 6.45) is 0. The molecule has 1 aromatic rings. The highest BCUT2D eigenvalue weighted by molar-refractivity contribution is 9.10. The zero-order valence-electron chi connectivity index (χ0n) is 11.8. The number of nitrogens with two attached hydrogens (primary N) is 1. The Morgan fingerprint density at radius 1 is 0.950 bits per heavy atom. The molecule has 0 saturated heterocycles. The first-order valence-electron chi connectivity index (χ1n) is 6.53. The van der Waals surface area contributed by atoms with Gasteiger partial charge in [-0.25, -0.2) is 0 Å². The minimum Gasteiger partial charge on any atom is -0.491 e. The van der Waals surface area contributed by atoms with Crippen molar-refractivity contribution in [2.24, 2.45) is 5.73 Å². The van der Waals surface area contributed by atoms with E-state index in [2.05, 4.69) is 15.9 Å². The van der Waals surface area contributed by atoms with E-state index in [0.29, 0.717) is 46.2 Å². The SMILES string of the molecule is COCCOCCOCCOc1cc(Br)cc(CN)c1. The van der Waals surface area contributed by atoms with E-state index in [1.807, 2.05) is 18.2 Å². The molecule has 1 aromatic carbocycles. The van der Waals surface area contributed by atoms with Crippen LogP contribution >= 0.6 is 15.9 Å². The molecule has 0 spiro atoms. The standard InChI is InChI=1S/C14H22BrNO4/c1-17-2-3-18-4-5-19-6-7-20-14-9-12(11-16)8-13(15)10-14/h8-10H,2-7,11,16H2,1H3. The van der Waals surface area contributed by atoms with Crippen molar-refractivity contribution < 1.29 is 18.9 Å². The van der Waals surface area contributed by atoms with Gasteiger partial charge in [0.1, 0.15) is 12.4 Å². The van der Waals surface area contributed by atoms with Gasteiger partial charge < -0.3 is 24.7 Å². The van der Waals surface area contributed by atoms with E-state index in [0.717, 1.165) is 15.8 Å². The number of halogens is 1. The fraction of sp³-hybridized carbons (Fsp3) is 0.571. The summed E-state index contributed by atoms with van der Waals surface area (Å²) in [5.74, 6) is 0.791. The van der Waals surface area contributed by atoms with E-state index < -0.39 is 0 Å². The van der Waals surface area contributed by atoms with Gasteiger partial charge in [-0.05, 0) is 23.8 Å². The first-order chi connectivity index (χ1) is 9.76. The molecule has 0 heterocycles. The van der Waals surface area contributed by atoms with Crippen LogP contribution in [0.1, 0.15) is 5.56 Å². The maximum absolute atomic E-state index is 5.61. The van der Waals surface area contributed by atoms with Crippen molar-refractivity contribution >= 4 is 15.9 Å². The summed E-state index contributed by atoms with van der Waals surface area (Å²) in [5.41, 5.74) is 6.64. The highest BCUT2D eigenvalue weighted by Gasteiger charge is 1.99. The molecule has 114 valence electrons. The van der Waals surface area contributed by atoms with Crippen molar-refractivity contribution in [1.29, 1.82) is 0 Å². The van der Waals surface area contributed by atoms with Crippen LogP contribution in [0.3, 0.4) is 0 Å². The average molecular weight is 348 g/mol. The van der Waals surface area contributed by atoms with Gasteiger partial charge in [0, 0.05) is 18.1 Å². The Balaban J connectivity index is 2.08. The number of rotatable bonds is 11. The van der Waals surface area contributed by atoms with Gasteiger partial charge in [0.2, 0.25) is 0 Å². The molecule has 6 heteroatoms. The van der Waals surface area contributed by atoms with Crippen LogP contribution in [-0.2, 0) is 20.8 Å². The largest absolute Gasteiger partial charge is 0.491 e. The quantitative estimate of drug-likeness (QED) is 0.620. The van der Waals surface area contributed by atoms with E-state index in [-0.39, 0.29) is 0 Å². The molecule has 0 radical (unpaired) electrons. The zero-order valence-corrected chi connectivity index (χ0v) is 13.4. The lowest BCUT2D eigenvalue weighted by molar-refractivity contribution is 0.0179. The van der Waals surface area contributed by atoms with Crippen molar-refractivity contribution in [3.63, 3.8) is 0 Å². The predicted octanol–water partition coefficient (Wildman–Crippen LogP) is 1.97. The molecule has 0 atom stereocenters. The van der Waals surface area contributed by atoms with E-state index in [4.69, 9.17) is 24.7 Å². The second kappa shape index (κ2) is 11.0. The third kappa shape index (κ3) is 7.81. The Morgan fingerprint density at radius 2 is 1.60 bits per heavy atom. The van der Waals surface area contributed by atoms with Crippen molar-refractivity contribution in [3.8, 4) is 5.75 Å². The minimum atomic E-state index is 0.491. The van der Waals surface area contributed by atoms with Crippen LogP contribution < -0.4 is 10.5 Å². The van der Waals surface area contributed by atoms with E-state index in [1.165, 1.54) is 0 Å². The normalized spacial score (nSPS) is 10.8. The van der Waals surface area contributed by atoms with Crippen LogP contribution in [0.4, 0.5) is 0 Å². The van der Waals surface area contributed by atoms with Crippen molar-refractivity contribution in [1.82, 2.24) is 0 Å². The molecule has 0 saturated carbocycles. The number of ether oxygens (including phenoxy) is 4. The number of methoxy groups -OCH3 is 1. The minimum absolute atomic E-state index is 0.491. The van der Waals surface area contributed by atoms with Crippen LogP contribution in [-0.4, -0.2) is 46.8 Å². The molecule has 5 nitrogen and oxygen atoms in total. The van der Waals surface area contributed by atoms with Gasteiger partial charge in [0.25, 0.3) is 0 Å². The number of hydrogen-bond acceptors (Lipinski definition) is 5. The first-order valence-corrected chi connectivity index (χ1v) is 7.32. The van der Waals surface area contributed by atoms with E-state index in [1.54, 1.807) is 7.11 Å². The topological polar surface area (TPSA) is 62.9 Å². The lowest BCUT2D eigenvalue weighted by atomic mass is 10.2. The Kier molecular flexibility index (Phi) is 9.61. The third-order valence-electron chi connectivity index (χ3n) is 2.47. The zero-order chi connectivity index (χ0) is 14.6. The fourth-order valence-electron chi connectivity index (χ4n) is 1.50. The highest BCUT2D eigenvalue weighted by Crippen LogP contribution is 2.21. The molecule has 0 bridgehead atoms. The van der Waals surface area contributed by atoms with Crippen LogP contribution in [0.25, 0.3) is 0 Å². The highest BCUT2D eigenvalue weighted by atomic mass is 79.9. The van der Waals surface area contributed by atoms with Gasteiger partial charge in [-0.15, -0.1) is 0 Å². The van der Waals surface area contributed by atoms with Crippen LogP contribution in [0.5, 0.6) is 5.75 Å². The predicted molar refractivity (Wildman–Crippen MR) is 81.0 cm³/mol. The molecule has 0 aliphatic heterocycles. The van der Waals surface area contributed by atoms with Crippen molar-refractivity contribution in [3.05, 3.63) is 28.2 Å². The molecule has 2 N–H and O–H groups in total. The molecule has 20 heavy (non-hydrogen) atoms. The van der Waals surface area contributed by atoms with Crippen LogP contribution in [0, 0.1) is 0 Å². The molecular weight excluding hydrogens is 326 g/mol. The van der Waals surface area contributed by atoms with E-state index in [9.17, 15) is 0 Å². The van der Waals surface area contributed by atoms with Gasteiger partial charge in [-0.1, -0.05) is 15.9 Å². The number of benzene rings is 1. The van der Waals surface area contributed by atoms with Gasteiger partial charge in [-0.3, -0.25) is 0 Å². The first kappa shape index (κ1) is 17.4. The Morgan fingerprint density at radius 3 is 2.25 bits per heavy atom. The summed E-state index contributed by atoms with van der Waals surface area (Å²) in [5, 5.41) is 0. The monoisotopic (exact) mass is 347 g/mol. The number of hydrogen-bond donors (Lipinski definition) is 1. The smallest absolute Gasteiger partial charge is 0.120 e.